The number of ether oxygens (including phenoxy) is 1. The Bertz CT molecular complexity index is 985. The monoisotopic (exact) mass is 492 g/mol. The van der Waals surface area contributed by atoms with Gasteiger partial charge in [0, 0.05) is 0 Å². The van der Waals surface area contributed by atoms with Gasteiger partial charge >= 0.3 is 6.11 Å². The minimum Gasteiger partial charge on any atom is -0.432 e. The molecule has 0 bridgehead atoms. The van der Waals surface area contributed by atoms with Gasteiger partial charge in [-0.05, 0) is 98.1 Å². The number of rotatable bonds is 8. The SMILES string of the molecule is CCCCC1C=CC(C2CCC(C(F)(F)Oc3ccc(-c4cc(F)c(F)c(F)c4)cc3)CC2)CC1. The van der Waals surface area contributed by atoms with E-state index >= 15 is 0 Å². The summed E-state index contributed by atoms with van der Waals surface area (Å²) >= 11 is 0. The Morgan fingerprint density at radius 1 is 0.829 bits per heavy atom. The molecule has 4 rings (SSSR count). The second kappa shape index (κ2) is 11.1. The lowest BCUT2D eigenvalue weighted by atomic mass is 9.71. The Labute approximate surface area is 204 Å². The summed E-state index contributed by atoms with van der Waals surface area (Å²) < 4.78 is 75.1. The smallest absolute Gasteiger partial charge is 0.400 e. The molecule has 190 valence electrons. The molecule has 2 aliphatic carbocycles. The zero-order valence-electron chi connectivity index (χ0n) is 20.1. The molecule has 1 saturated carbocycles. The number of allylic oxidation sites excluding steroid dienone is 2. The van der Waals surface area contributed by atoms with Crippen molar-refractivity contribution in [3.8, 4) is 16.9 Å². The molecule has 2 aromatic rings. The van der Waals surface area contributed by atoms with E-state index in [9.17, 15) is 22.0 Å². The van der Waals surface area contributed by atoms with Crippen LogP contribution in [0.3, 0.4) is 0 Å². The summed E-state index contributed by atoms with van der Waals surface area (Å²) in [5.41, 5.74) is 0.489. The zero-order chi connectivity index (χ0) is 25.0. The van der Waals surface area contributed by atoms with Gasteiger partial charge in [0.1, 0.15) is 5.75 Å². The van der Waals surface area contributed by atoms with Crippen LogP contribution in [0.1, 0.15) is 64.7 Å². The molecule has 35 heavy (non-hydrogen) atoms. The molecule has 0 amide bonds. The van der Waals surface area contributed by atoms with E-state index in [1.807, 2.05) is 0 Å². The summed E-state index contributed by atoms with van der Waals surface area (Å²) in [4.78, 5) is 0. The number of halogens is 5. The van der Waals surface area contributed by atoms with E-state index in [1.54, 1.807) is 0 Å². The molecule has 0 aromatic heterocycles. The van der Waals surface area contributed by atoms with E-state index < -0.39 is 29.5 Å². The number of unbranched alkanes of at least 4 members (excludes halogenated alkanes) is 1. The molecule has 2 aromatic carbocycles. The largest absolute Gasteiger partial charge is 0.432 e. The van der Waals surface area contributed by atoms with Crippen LogP contribution in [0.2, 0.25) is 0 Å². The highest BCUT2D eigenvalue weighted by Gasteiger charge is 2.44. The van der Waals surface area contributed by atoms with Crippen LogP contribution >= 0.6 is 0 Å². The first-order chi connectivity index (χ1) is 16.8. The summed E-state index contributed by atoms with van der Waals surface area (Å²) in [5, 5.41) is 0. The molecule has 0 radical (unpaired) electrons. The number of benzene rings is 2. The van der Waals surface area contributed by atoms with Crippen molar-refractivity contribution >= 4 is 0 Å². The molecular weight excluding hydrogens is 459 g/mol. The average Bonchev–Trinajstić information content (AvgIpc) is 2.86. The maximum Gasteiger partial charge on any atom is 0.400 e. The Kier molecular flexibility index (Phi) is 8.18. The quantitative estimate of drug-likeness (QED) is 0.203. The first-order valence-electron chi connectivity index (χ1n) is 12.8. The van der Waals surface area contributed by atoms with Gasteiger partial charge in [-0.3, -0.25) is 0 Å². The molecule has 2 aliphatic rings. The van der Waals surface area contributed by atoms with Gasteiger partial charge in [-0.1, -0.05) is 44.1 Å². The molecule has 2 atom stereocenters. The first-order valence-corrected chi connectivity index (χ1v) is 12.8. The van der Waals surface area contributed by atoms with E-state index in [1.165, 1.54) is 49.9 Å². The third kappa shape index (κ3) is 6.25. The van der Waals surface area contributed by atoms with Crippen LogP contribution in [-0.2, 0) is 0 Å². The Hall–Kier alpha value is -2.37. The minimum atomic E-state index is -3.30. The number of hydrogen-bond acceptors (Lipinski definition) is 1. The fraction of sp³-hybridized carbons (Fsp3) is 0.517. The van der Waals surface area contributed by atoms with Crippen molar-refractivity contribution in [3.63, 3.8) is 0 Å². The zero-order valence-corrected chi connectivity index (χ0v) is 20.1. The van der Waals surface area contributed by atoms with Crippen LogP contribution in [0.5, 0.6) is 5.75 Å². The minimum absolute atomic E-state index is 0.0164. The predicted molar refractivity (Wildman–Crippen MR) is 128 cm³/mol. The molecule has 1 fully saturated rings. The Morgan fingerprint density at radius 3 is 2.06 bits per heavy atom. The van der Waals surface area contributed by atoms with E-state index in [-0.39, 0.29) is 11.3 Å². The van der Waals surface area contributed by atoms with Crippen molar-refractivity contribution in [3.05, 3.63) is 66.0 Å². The lowest BCUT2D eigenvalue weighted by Crippen LogP contribution is -2.38. The lowest BCUT2D eigenvalue weighted by Gasteiger charge is -2.37. The van der Waals surface area contributed by atoms with E-state index in [4.69, 9.17) is 4.74 Å². The Balaban J connectivity index is 1.31. The van der Waals surface area contributed by atoms with E-state index in [0.29, 0.717) is 36.2 Å². The highest BCUT2D eigenvalue weighted by Crippen LogP contribution is 2.44. The first kappa shape index (κ1) is 25.7. The van der Waals surface area contributed by atoms with Gasteiger partial charge in [0.15, 0.2) is 17.5 Å². The van der Waals surface area contributed by atoms with E-state index in [0.717, 1.165) is 31.4 Å². The molecular formula is C29H33F5O. The normalized spacial score (nSPS) is 25.0. The van der Waals surface area contributed by atoms with Gasteiger partial charge in [-0.2, -0.15) is 8.78 Å². The van der Waals surface area contributed by atoms with Gasteiger partial charge < -0.3 is 4.74 Å². The molecule has 1 nitrogen and oxygen atoms in total. The predicted octanol–water partition coefficient (Wildman–Crippen LogP) is 9.32. The van der Waals surface area contributed by atoms with Crippen LogP contribution in [-0.4, -0.2) is 6.11 Å². The van der Waals surface area contributed by atoms with Crippen LogP contribution in [0.25, 0.3) is 11.1 Å². The van der Waals surface area contributed by atoms with Gasteiger partial charge in [0.25, 0.3) is 0 Å². The molecule has 0 heterocycles. The van der Waals surface area contributed by atoms with Crippen molar-refractivity contribution in [2.75, 3.05) is 0 Å². The van der Waals surface area contributed by atoms with Crippen LogP contribution in [0, 0.1) is 41.1 Å². The standard InChI is InChI=1S/C29H33F5O/c1-2-3-4-19-5-7-20(8-6-19)21-9-13-24(14-10-21)29(33,34)35-25-15-11-22(12-16-25)23-17-26(30)28(32)27(31)18-23/h5,7,11-12,15-21,24H,2-4,6,8-10,13-14H2,1H3. The third-order valence-corrected chi connectivity index (χ3v) is 7.71. The van der Waals surface area contributed by atoms with Crippen molar-refractivity contribution < 1.29 is 26.7 Å². The van der Waals surface area contributed by atoms with Crippen molar-refractivity contribution in [1.29, 1.82) is 0 Å². The highest BCUT2D eigenvalue weighted by atomic mass is 19.3. The second-order valence-corrected chi connectivity index (χ2v) is 10.1. The fourth-order valence-electron chi connectivity index (χ4n) is 5.56. The van der Waals surface area contributed by atoms with Gasteiger partial charge in [-0.15, -0.1) is 0 Å². The van der Waals surface area contributed by atoms with Gasteiger partial charge in [-0.25, -0.2) is 13.2 Å². The van der Waals surface area contributed by atoms with Crippen LogP contribution in [0.15, 0.2) is 48.6 Å². The molecule has 0 N–H and O–H groups in total. The topological polar surface area (TPSA) is 9.23 Å². The second-order valence-electron chi connectivity index (χ2n) is 10.1. The summed E-state index contributed by atoms with van der Waals surface area (Å²) in [5.74, 6) is -3.38. The molecule has 0 aliphatic heterocycles. The lowest BCUT2D eigenvalue weighted by molar-refractivity contribution is -0.224. The molecule has 0 spiro atoms. The highest BCUT2D eigenvalue weighted by molar-refractivity contribution is 5.64. The van der Waals surface area contributed by atoms with Crippen LogP contribution < -0.4 is 4.74 Å². The average molecular weight is 493 g/mol. The number of alkyl halides is 2. The Morgan fingerprint density at radius 2 is 1.49 bits per heavy atom. The maximum atomic E-state index is 14.9. The van der Waals surface area contributed by atoms with Crippen molar-refractivity contribution in [1.82, 2.24) is 0 Å². The number of hydrogen-bond donors (Lipinski definition) is 0. The summed E-state index contributed by atoms with van der Waals surface area (Å²) in [6.45, 7) is 2.21. The van der Waals surface area contributed by atoms with Crippen molar-refractivity contribution in [2.45, 2.75) is 70.8 Å². The van der Waals surface area contributed by atoms with E-state index in [2.05, 4.69) is 19.1 Å². The summed E-state index contributed by atoms with van der Waals surface area (Å²) in [6, 6.07) is 7.28. The molecule has 0 saturated heterocycles. The van der Waals surface area contributed by atoms with Gasteiger partial charge in [0.05, 0.1) is 5.92 Å². The third-order valence-electron chi connectivity index (χ3n) is 7.71. The maximum absolute atomic E-state index is 14.9. The van der Waals surface area contributed by atoms with Crippen molar-refractivity contribution in [2.24, 2.45) is 23.7 Å². The fourth-order valence-corrected chi connectivity index (χ4v) is 5.56. The van der Waals surface area contributed by atoms with Gasteiger partial charge in [0.2, 0.25) is 0 Å². The molecule has 2 unspecified atom stereocenters. The summed E-state index contributed by atoms with van der Waals surface area (Å²) in [7, 11) is 0. The van der Waals surface area contributed by atoms with Crippen LogP contribution in [0.4, 0.5) is 22.0 Å². The summed E-state index contributed by atoms with van der Waals surface area (Å²) in [6.07, 6.45) is 9.87. The molecule has 6 heteroatoms.